The Labute approximate surface area is 101 Å². The summed E-state index contributed by atoms with van der Waals surface area (Å²) in [6, 6.07) is 3.51. The molecule has 94 valence electrons. The Kier molecular flexibility index (Phi) is 4.90. The smallest absolute Gasteiger partial charge is 0.354 e. The third-order valence-electron chi connectivity index (χ3n) is 2.48. The van der Waals surface area contributed by atoms with E-state index >= 15 is 0 Å². The molecule has 1 aromatic rings. The number of aromatic nitrogens is 1. The van der Waals surface area contributed by atoms with E-state index in [9.17, 15) is 4.79 Å². The number of carboxylic acid groups (broad SMARTS) is 1. The normalized spacial score (nSPS) is 10.6. The van der Waals surface area contributed by atoms with E-state index in [1.54, 1.807) is 12.3 Å². The molecule has 5 heteroatoms. The van der Waals surface area contributed by atoms with Crippen LogP contribution < -0.4 is 4.90 Å². The van der Waals surface area contributed by atoms with Crippen LogP contribution in [0.25, 0.3) is 0 Å². The first kappa shape index (κ1) is 13.4. The molecule has 1 rings (SSSR count). The van der Waals surface area contributed by atoms with E-state index in [-0.39, 0.29) is 18.3 Å². The minimum Gasteiger partial charge on any atom is -0.477 e. The van der Waals surface area contributed by atoms with Gasteiger partial charge in [-0.1, -0.05) is 0 Å². The molecule has 0 atom stereocenters. The van der Waals surface area contributed by atoms with Gasteiger partial charge in [0.2, 0.25) is 0 Å². The van der Waals surface area contributed by atoms with E-state index in [1.807, 2.05) is 13.8 Å². The molecule has 0 amide bonds. The third kappa shape index (κ3) is 3.71. The van der Waals surface area contributed by atoms with Gasteiger partial charge in [0.25, 0.3) is 0 Å². The number of nitrogens with zero attached hydrogens (tertiary/aromatic N) is 2. The fourth-order valence-electron chi connectivity index (χ4n) is 1.61. The van der Waals surface area contributed by atoms with Crippen molar-refractivity contribution in [2.24, 2.45) is 0 Å². The van der Waals surface area contributed by atoms with Gasteiger partial charge >= 0.3 is 5.97 Å². The Hall–Kier alpha value is -1.62. The van der Waals surface area contributed by atoms with Crippen LogP contribution in [-0.2, 0) is 0 Å². The van der Waals surface area contributed by atoms with Crippen molar-refractivity contribution in [3.8, 4) is 0 Å². The maximum atomic E-state index is 10.7. The van der Waals surface area contributed by atoms with Crippen LogP contribution in [0.15, 0.2) is 18.3 Å². The second-order valence-electron chi connectivity index (χ2n) is 4.07. The van der Waals surface area contributed by atoms with Gasteiger partial charge in [-0.15, -0.1) is 0 Å². The number of carbonyl (C=O) groups is 1. The molecule has 1 aromatic heterocycles. The van der Waals surface area contributed by atoms with E-state index in [0.717, 1.165) is 12.2 Å². The summed E-state index contributed by atoms with van der Waals surface area (Å²) < 4.78 is 0. The number of aliphatic hydroxyl groups excluding tert-OH is 1. The molecule has 1 heterocycles. The molecular weight excluding hydrogens is 220 g/mol. The SMILES string of the molecule is CC(C)N(CCCO)c1ccc(C(=O)O)nc1. The van der Waals surface area contributed by atoms with Gasteiger partial charge in [-0.3, -0.25) is 0 Å². The van der Waals surface area contributed by atoms with Gasteiger partial charge in [0.1, 0.15) is 5.69 Å². The number of hydrogen-bond donors (Lipinski definition) is 2. The lowest BCUT2D eigenvalue weighted by Crippen LogP contribution is -2.32. The average Bonchev–Trinajstić information content (AvgIpc) is 2.29. The summed E-state index contributed by atoms with van der Waals surface area (Å²) >= 11 is 0. The molecule has 0 fully saturated rings. The quantitative estimate of drug-likeness (QED) is 0.783. The predicted molar refractivity (Wildman–Crippen MR) is 65.4 cm³/mol. The molecule has 5 nitrogen and oxygen atoms in total. The molecule has 2 N–H and O–H groups in total. The second-order valence-corrected chi connectivity index (χ2v) is 4.07. The largest absolute Gasteiger partial charge is 0.477 e. The van der Waals surface area contributed by atoms with Crippen LogP contribution in [0.4, 0.5) is 5.69 Å². The van der Waals surface area contributed by atoms with Gasteiger partial charge in [0, 0.05) is 19.2 Å². The Morgan fingerprint density at radius 3 is 2.59 bits per heavy atom. The zero-order valence-corrected chi connectivity index (χ0v) is 10.1. The molecule has 0 saturated heterocycles. The van der Waals surface area contributed by atoms with Crippen LogP contribution in [0.5, 0.6) is 0 Å². The molecule has 0 aromatic carbocycles. The van der Waals surface area contributed by atoms with Crippen molar-refractivity contribution in [2.75, 3.05) is 18.1 Å². The van der Waals surface area contributed by atoms with Crippen LogP contribution >= 0.6 is 0 Å². The van der Waals surface area contributed by atoms with E-state index in [0.29, 0.717) is 6.42 Å². The number of anilines is 1. The molecule has 0 aliphatic heterocycles. The maximum Gasteiger partial charge on any atom is 0.354 e. The maximum absolute atomic E-state index is 10.7. The lowest BCUT2D eigenvalue weighted by Gasteiger charge is -2.28. The van der Waals surface area contributed by atoms with Crippen molar-refractivity contribution in [3.05, 3.63) is 24.0 Å². The second kappa shape index (κ2) is 6.20. The van der Waals surface area contributed by atoms with Gasteiger partial charge in [0.15, 0.2) is 0 Å². The molecule has 0 aliphatic rings. The van der Waals surface area contributed by atoms with Crippen molar-refractivity contribution in [1.29, 1.82) is 0 Å². The first-order valence-electron chi connectivity index (χ1n) is 5.63. The Morgan fingerprint density at radius 2 is 2.18 bits per heavy atom. The lowest BCUT2D eigenvalue weighted by atomic mass is 10.2. The fraction of sp³-hybridized carbons (Fsp3) is 0.500. The van der Waals surface area contributed by atoms with E-state index in [2.05, 4.69) is 9.88 Å². The molecule has 0 radical (unpaired) electrons. The minimum atomic E-state index is -1.02. The molecular formula is C12H18N2O3. The average molecular weight is 238 g/mol. The summed E-state index contributed by atoms with van der Waals surface area (Å²) in [5, 5.41) is 17.6. The Morgan fingerprint density at radius 1 is 1.47 bits per heavy atom. The zero-order valence-electron chi connectivity index (χ0n) is 10.1. The summed E-state index contributed by atoms with van der Waals surface area (Å²) in [5.74, 6) is -1.02. The predicted octanol–water partition coefficient (Wildman–Crippen LogP) is 1.38. The molecule has 0 saturated carbocycles. The van der Waals surface area contributed by atoms with Gasteiger partial charge < -0.3 is 15.1 Å². The number of pyridine rings is 1. The van der Waals surface area contributed by atoms with Crippen LogP contribution in [-0.4, -0.2) is 40.4 Å². The summed E-state index contributed by atoms with van der Waals surface area (Å²) in [6.45, 7) is 4.96. The van der Waals surface area contributed by atoms with E-state index < -0.39 is 5.97 Å². The van der Waals surface area contributed by atoms with Crippen LogP contribution in [0, 0.1) is 0 Å². The van der Waals surface area contributed by atoms with Crippen LogP contribution in [0.1, 0.15) is 30.8 Å². The van der Waals surface area contributed by atoms with Crippen LogP contribution in [0.2, 0.25) is 0 Å². The van der Waals surface area contributed by atoms with Gasteiger partial charge in [-0.05, 0) is 32.4 Å². The number of rotatable bonds is 6. The molecule has 0 unspecified atom stereocenters. The van der Waals surface area contributed by atoms with Crippen molar-refractivity contribution in [2.45, 2.75) is 26.3 Å². The summed E-state index contributed by atoms with van der Waals surface area (Å²) in [7, 11) is 0. The number of aliphatic hydroxyl groups is 1. The molecule has 0 spiro atoms. The summed E-state index contributed by atoms with van der Waals surface area (Å²) in [4.78, 5) is 16.6. The Bertz CT molecular complexity index is 363. The first-order chi connectivity index (χ1) is 8.06. The molecule has 17 heavy (non-hydrogen) atoms. The first-order valence-corrected chi connectivity index (χ1v) is 5.63. The third-order valence-corrected chi connectivity index (χ3v) is 2.48. The van der Waals surface area contributed by atoms with E-state index in [4.69, 9.17) is 10.2 Å². The summed E-state index contributed by atoms with van der Waals surface area (Å²) in [6.07, 6.45) is 2.24. The standard InChI is InChI=1S/C12H18N2O3/c1-9(2)14(6-3-7-15)10-4-5-11(12(16)17)13-8-10/h4-5,8-9,15H,3,6-7H2,1-2H3,(H,16,17). The highest BCUT2D eigenvalue weighted by Crippen LogP contribution is 2.16. The highest BCUT2D eigenvalue weighted by Gasteiger charge is 2.11. The molecule has 0 bridgehead atoms. The van der Waals surface area contributed by atoms with Crippen molar-refractivity contribution < 1.29 is 15.0 Å². The topological polar surface area (TPSA) is 73.7 Å². The van der Waals surface area contributed by atoms with Crippen molar-refractivity contribution in [3.63, 3.8) is 0 Å². The Balaban J connectivity index is 2.83. The highest BCUT2D eigenvalue weighted by atomic mass is 16.4. The summed E-state index contributed by atoms with van der Waals surface area (Å²) in [5.41, 5.74) is 0.915. The highest BCUT2D eigenvalue weighted by molar-refractivity contribution is 5.85. The van der Waals surface area contributed by atoms with Crippen LogP contribution in [0.3, 0.4) is 0 Å². The van der Waals surface area contributed by atoms with Gasteiger partial charge in [-0.25, -0.2) is 9.78 Å². The van der Waals surface area contributed by atoms with Crippen molar-refractivity contribution in [1.82, 2.24) is 4.98 Å². The van der Waals surface area contributed by atoms with Gasteiger partial charge in [-0.2, -0.15) is 0 Å². The lowest BCUT2D eigenvalue weighted by molar-refractivity contribution is 0.0690. The number of hydrogen-bond acceptors (Lipinski definition) is 4. The minimum absolute atomic E-state index is 0.0413. The van der Waals surface area contributed by atoms with E-state index in [1.165, 1.54) is 6.07 Å². The van der Waals surface area contributed by atoms with Gasteiger partial charge in [0.05, 0.1) is 11.9 Å². The fourth-order valence-corrected chi connectivity index (χ4v) is 1.61. The monoisotopic (exact) mass is 238 g/mol. The number of aromatic carboxylic acids is 1. The van der Waals surface area contributed by atoms with Crippen molar-refractivity contribution >= 4 is 11.7 Å². The zero-order chi connectivity index (χ0) is 12.8. The number of carboxylic acids is 1. The molecule has 0 aliphatic carbocycles.